The third kappa shape index (κ3) is 2.73. The maximum Gasteiger partial charge on any atom is 0.199 e. The van der Waals surface area contributed by atoms with Crippen molar-refractivity contribution in [3.8, 4) is 17.2 Å². The predicted molar refractivity (Wildman–Crippen MR) is 72.0 cm³/mol. The van der Waals surface area contributed by atoms with Crippen LogP contribution in [0.4, 0.5) is 0 Å². The topological polar surface area (TPSA) is 87.0 Å². The van der Waals surface area contributed by atoms with Gasteiger partial charge in [0.25, 0.3) is 0 Å². The van der Waals surface area contributed by atoms with Crippen LogP contribution in [-0.4, -0.2) is 28.2 Å². The molecule has 2 rings (SSSR count). The smallest absolute Gasteiger partial charge is 0.199 e. The first kappa shape index (κ1) is 13.9. The fourth-order valence-corrected chi connectivity index (χ4v) is 1.91. The maximum absolute atomic E-state index is 12.4. The standard InChI is InChI=1S/C15H14O5/c1-20-15(9-2-4-10(16)5-3-9)14(19)12-7-6-11(17)8-13(12)18/h2-8,15-18H,1H3/t15-/m0/s1. The molecule has 0 saturated heterocycles. The molecule has 0 spiro atoms. The Morgan fingerprint density at radius 1 is 1.00 bits per heavy atom. The predicted octanol–water partition coefficient (Wildman–Crippen LogP) is 2.37. The summed E-state index contributed by atoms with van der Waals surface area (Å²) < 4.78 is 5.17. The summed E-state index contributed by atoms with van der Waals surface area (Å²) in [7, 11) is 1.38. The molecule has 104 valence electrons. The first-order chi connectivity index (χ1) is 9.52. The van der Waals surface area contributed by atoms with Gasteiger partial charge in [-0.3, -0.25) is 4.79 Å². The second kappa shape index (κ2) is 5.63. The summed E-state index contributed by atoms with van der Waals surface area (Å²) in [5.74, 6) is -0.785. The van der Waals surface area contributed by atoms with Gasteiger partial charge in [0.2, 0.25) is 0 Å². The van der Waals surface area contributed by atoms with Crippen LogP contribution >= 0.6 is 0 Å². The Balaban J connectivity index is 2.36. The number of ether oxygens (including phenoxy) is 1. The molecule has 3 N–H and O–H groups in total. The van der Waals surface area contributed by atoms with E-state index in [0.717, 1.165) is 6.07 Å². The average molecular weight is 274 g/mol. The lowest BCUT2D eigenvalue weighted by Gasteiger charge is -2.15. The summed E-state index contributed by atoms with van der Waals surface area (Å²) in [5, 5.41) is 28.2. The monoisotopic (exact) mass is 274 g/mol. The Morgan fingerprint density at radius 2 is 1.60 bits per heavy atom. The van der Waals surface area contributed by atoms with Crippen LogP contribution in [0.25, 0.3) is 0 Å². The molecule has 0 radical (unpaired) electrons. The van der Waals surface area contributed by atoms with Gasteiger partial charge < -0.3 is 20.1 Å². The molecule has 2 aromatic rings. The highest BCUT2D eigenvalue weighted by Crippen LogP contribution is 2.29. The number of rotatable bonds is 4. The average Bonchev–Trinajstić information content (AvgIpc) is 2.41. The Bertz CT molecular complexity index is 619. The Hall–Kier alpha value is -2.53. The molecule has 0 aromatic heterocycles. The van der Waals surface area contributed by atoms with Gasteiger partial charge in [0.1, 0.15) is 23.4 Å². The van der Waals surface area contributed by atoms with Crippen molar-refractivity contribution < 1.29 is 24.9 Å². The van der Waals surface area contributed by atoms with E-state index in [9.17, 15) is 20.1 Å². The largest absolute Gasteiger partial charge is 0.508 e. The van der Waals surface area contributed by atoms with Crippen molar-refractivity contribution >= 4 is 5.78 Å². The lowest BCUT2D eigenvalue weighted by atomic mass is 9.99. The van der Waals surface area contributed by atoms with Crippen LogP contribution < -0.4 is 0 Å². The summed E-state index contributed by atoms with van der Waals surface area (Å²) in [6.07, 6.45) is -0.897. The van der Waals surface area contributed by atoms with Crippen molar-refractivity contribution in [1.29, 1.82) is 0 Å². The fraction of sp³-hybridized carbons (Fsp3) is 0.133. The second-order valence-electron chi connectivity index (χ2n) is 4.27. The first-order valence-electron chi connectivity index (χ1n) is 5.91. The number of hydrogen-bond acceptors (Lipinski definition) is 5. The van der Waals surface area contributed by atoms with E-state index in [1.165, 1.54) is 31.4 Å². The number of carbonyl (C=O) groups is 1. The Morgan fingerprint density at radius 3 is 2.15 bits per heavy atom. The van der Waals surface area contributed by atoms with Crippen LogP contribution in [0.15, 0.2) is 42.5 Å². The number of carbonyl (C=O) groups excluding carboxylic acids is 1. The maximum atomic E-state index is 12.4. The second-order valence-corrected chi connectivity index (χ2v) is 4.27. The van der Waals surface area contributed by atoms with E-state index >= 15 is 0 Å². The van der Waals surface area contributed by atoms with Crippen LogP contribution in [0, 0.1) is 0 Å². The van der Waals surface area contributed by atoms with Gasteiger partial charge in [-0.1, -0.05) is 12.1 Å². The molecule has 0 saturated carbocycles. The van der Waals surface area contributed by atoms with E-state index in [1.807, 2.05) is 0 Å². The van der Waals surface area contributed by atoms with Crippen LogP contribution in [0.2, 0.25) is 0 Å². The van der Waals surface area contributed by atoms with Gasteiger partial charge in [0, 0.05) is 13.2 Å². The van der Waals surface area contributed by atoms with E-state index in [-0.39, 0.29) is 22.8 Å². The minimum absolute atomic E-state index is 0.0581. The van der Waals surface area contributed by atoms with Crippen LogP contribution in [0.3, 0.4) is 0 Å². The molecule has 0 bridgehead atoms. The fourth-order valence-electron chi connectivity index (χ4n) is 1.91. The van der Waals surface area contributed by atoms with Crippen molar-refractivity contribution in [2.24, 2.45) is 0 Å². The third-order valence-electron chi connectivity index (χ3n) is 2.92. The molecule has 5 heteroatoms. The quantitative estimate of drug-likeness (QED) is 0.745. The molecule has 2 aromatic carbocycles. The first-order valence-corrected chi connectivity index (χ1v) is 5.91. The number of phenols is 3. The summed E-state index contributed by atoms with van der Waals surface area (Å²) >= 11 is 0. The third-order valence-corrected chi connectivity index (χ3v) is 2.92. The highest BCUT2D eigenvalue weighted by molar-refractivity contribution is 6.02. The van der Waals surface area contributed by atoms with Crippen LogP contribution in [0.5, 0.6) is 17.2 Å². The SMILES string of the molecule is CO[C@H](C(=O)c1ccc(O)cc1O)c1ccc(O)cc1. The summed E-state index contributed by atoms with van der Waals surface area (Å²) in [4.78, 5) is 12.4. The van der Waals surface area contributed by atoms with Gasteiger partial charge in [-0.05, 0) is 29.8 Å². The number of Topliss-reactive ketones (excluding diaryl/α,β-unsaturated/α-hetero) is 1. The molecule has 0 aliphatic carbocycles. The Labute approximate surface area is 115 Å². The van der Waals surface area contributed by atoms with Gasteiger partial charge in [-0.15, -0.1) is 0 Å². The van der Waals surface area contributed by atoms with Crippen molar-refractivity contribution in [3.63, 3.8) is 0 Å². The number of hydrogen-bond donors (Lipinski definition) is 3. The Kier molecular flexibility index (Phi) is 3.91. The molecule has 5 nitrogen and oxygen atoms in total. The zero-order valence-electron chi connectivity index (χ0n) is 10.8. The van der Waals surface area contributed by atoms with Gasteiger partial charge in [0.15, 0.2) is 5.78 Å². The van der Waals surface area contributed by atoms with Gasteiger partial charge in [-0.2, -0.15) is 0 Å². The van der Waals surface area contributed by atoms with Gasteiger partial charge >= 0.3 is 0 Å². The molecular weight excluding hydrogens is 260 g/mol. The van der Waals surface area contributed by atoms with Crippen LogP contribution in [0.1, 0.15) is 22.0 Å². The number of phenolic OH excluding ortho intramolecular Hbond substituents is 3. The number of aromatic hydroxyl groups is 3. The highest BCUT2D eigenvalue weighted by Gasteiger charge is 2.24. The van der Waals surface area contributed by atoms with E-state index in [0.29, 0.717) is 5.56 Å². The normalized spacial score (nSPS) is 12.1. The summed E-state index contributed by atoms with van der Waals surface area (Å²) in [6.45, 7) is 0. The highest BCUT2D eigenvalue weighted by atomic mass is 16.5. The minimum Gasteiger partial charge on any atom is -0.508 e. The zero-order chi connectivity index (χ0) is 14.7. The van der Waals surface area contributed by atoms with Crippen molar-refractivity contribution in [2.45, 2.75) is 6.10 Å². The number of methoxy groups -OCH3 is 1. The van der Waals surface area contributed by atoms with E-state index in [2.05, 4.69) is 0 Å². The summed E-state index contributed by atoms with van der Waals surface area (Å²) in [5.41, 5.74) is 0.616. The molecular formula is C15H14O5. The van der Waals surface area contributed by atoms with E-state index in [4.69, 9.17) is 4.74 Å². The van der Waals surface area contributed by atoms with Crippen molar-refractivity contribution in [2.75, 3.05) is 7.11 Å². The van der Waals surface area contributed by atoms with Crippen molar-refractivity contribution in [1.82, 2.24) is 0 Å². The number of ketones is 1. The molecule has 0 fully saturated rings. The zero-order valence-corrected chi connectivity index (χ0v) is 10.8. The molecule has 0 unspecified atom stereocenters. The van der Waals surface area contributed by atoms with Gasteiger partial charge in [0.05, 0.1) is 5.56 Å². The van der Waals surface area contributed by atoms with Crippen molar-refractivity contribution in [3.05, 3.63) is 53.6 Å². The van der Waals surface area contributed by atoms with Gasteiger partial charge in [-0.25, -0.2) is 0 Å². The lowest BCUT2D eigenvalue weighted by molar-refractivity contribution is 0.0601. The van der Waals surface area contributed by atoms with E-state index in [1.54, 1.807) is 12.1 Å². The molecule has 0 amide bonds. The number of benzene rings is 2. The molecule has 0 heterocycles. The van der Waals surface area contributed by atoms with Crippen LogP contribution in [-0.2, 0) is 4.74 Å². The molecule has 1 atom stereocenters. The molecule has 20 heavy (non-hydrogen) atoms. The van der Waals surface area contributed by atoms with E-state index < -0.39 is 11.9 Å². The lowest BCUT2D eigenvalue weighted by Crippen LogP contribution is -2.15. The molecule has 0 aliphatic rings. The summed E-state index contributed by atoms with van der Waals surface area (Å²) in [6, 6.07) is 9.78. The minimum atomic E-state index is -0.897. The molecule has 0 aliphatic heterocycles.